The molecule has 170 valence electrons. The van der Waals surface area contributed by atoms with Crippen LogP contribution >= 0.6 is 0 Å². The molecule has 1 heterocycles. The lowest BCUT2D eigenvalue weighted by Gasteiger charge is -2.32. The Balaban J connectivity index is 1.56. The van der Waals surface area contributed by atoms with Crippen molar-refractivity contribution in [3.05, 3.63) is 71.8 Å². The number of hydrogen-bond donors (Lipinski definition) is 2. The molecule has 1 aliphatic heterocycles. The molecule has 0 atom stereocenters. The van der Waals surface area contributed by atoms with E-state index in [2.05, 4.69) is 0 Å². The first-order chi connectivity index (χ1) is 15.7. The van der Waals surface area contributed by atoms with Crippen LogP contribution in [0.5, 0.6) is 5.75 Å². The summed E-state index contributed by atoms with van der Waals surface area (Å²) in [6, 6.07) is 16.6. The largest absolute Gasteiger partial charge is 0.497 e. The van der Waals surface area contributed by atoms with E-state index in [1.807, 2.05) is 6.07 Å². The fourth-order valence-electron chi connectivity index (χ4n) is 3.67. The molecule has 1 saturated heterocycles. The topological polar surface area (TPSA) is 134 Å². The Hall–Kier alpha value is -3.76. The van der Waals surface area contributed by atoms with Gasteiger partial charge in [-0.3, -0.25) is 19.9 Å². The Bertz CT molecular complexity index is 1370. The van der Waals surface area contributed by atoms with Gasteiger partial charge in [-0.25, -0.2) is 8.42 Å². The van der Waals surface area contributed by atoms with Crippen LogP contribution in [-0.2, 0) is 26.2 Å². The van der Waals surface area contributed by atoms with Crippen molar-refractivity contribution in [1.82, 2.24) is 9.21 Å². The molecule has 10 heteroatoms. The van der Waals surface area contributed by atoms with Gasteiger partial charge in [-0.15, -0.1) is 0 Å². The van der Waals surface area contributed by atoms with Crippen LogP contribution in [0.1, 0.15) is 11.1 Å². The van der Waals surface area contributed by atoms with Gasteiger partial charge in [0.2, 0.25) is 21.8 Å². The molecule has 1 fully saturated rings. The van der Waals surface area contributed by atoms with Gasteiger partial charge in [-0.2, -0.15) is 4.31 Å². The van der Waals surface area contributed by atoms with Crippen molar-refractivity contribution < 1.29 is 22.7 Å². The van der Waals surface area contributed by atoms with Gasteiger partial charge in [0.1, 0.15) is 11.6 Å². The number of nitrogen functional groups attached to an aromatic ring is 1. The highest BCUT2D eigenvalue weighted by molar-refractivity contribution is 7.89. The summed E-state index contributed by atoms with van der Waals surface area (Å²) < 4.78 is 32.5. The van der Waals surface area contributed by atoms with Gasteiger partial charge < -0.3 is 10.5 Å². The molecular weight excluding hydrogens is 444 g/mol. The Labute approximate surface area is 190 Å². The lowest BCUT2D eigenvalue weighted by molar-refractivity contribution is -0.149. The zero-order valence-electron chi connectivity index (χ0n) is 17.8. The second kappa shape index (κ2) is 8.64. The van der Waals surface area contributed by atoms with E-state index in [1.165, 1.54) is 19.2 Å². The van der Waals surface area contributed by atoms with E-state index in [9.17, 15) is 18.0 Å². The Morgan fingerprint density at radius 1 is 1.00 bits per heavy atom. The van der Waals surface area contributed by atoms with Gasteiger partial charge >= 0.3 is 0 Å². The van der Waals surface area contributed by atoms with E-state index in [0.717, 1.165) is 14.6 Å². The average molecular weight is 467 g/mol. The molecule has 0 spiro atoms. The van der Waals surface area contributed by atoms with Crippen molar-refractivity contribution in [3.63, 3.8) is 0 Å². The van der Waals surface area contributed by atoms with Crippen LogP contribution in [0.25, 0.3) is 10.8 Å². The third kappa shape index (κ3) is 4.43. The molecule has 0 aromatic heterocycles. The number of fused-ring (bicyclic) bond motifs is 1. The summed E-state index contributed by atoms with van der Waals surface area (Å²) >= 11 is 0. The summed E-state index contributed by atoms with van der Waals surface area (Å²) in [5.74, 6) is -0.778. The lowest BCUT2D eigenvalue weighted by Crippen LogP contribution is -2.55. The van der Waals surface area contributed by atoms with Crippen LogP contribution in [0.3, 0.4) is 0 Å². The maximum Gasteiger partial charge on any atom is 0.244 e. The number of amides is 2. The summed E-state index contributed by atoms with van der Waals surface area (Å²) in [6.07, 6.45) is 0. The maximum atomic E-state index is 13.2. The molecule has 0 aliphatic carbocycles. The van der Waals surface area contributed by atoms with Gasteiger partial charge in [-0.1, -0.05) is 30.3 Å². The van der Waals surface area contributed by atoms with E-state index in [1.54, 1.807) is 42.5 Å². The predicted molar refractivity (Wildman–Crippen MR) is 122 cm³/mol. The van der Waals surface area contributed by atoms with E-state index in [4.69, 9.17) is 15.9 Å². The number of carbonyl (C=O) groups excluding carboxylic acids is 2. The van der Waals surface area contributed by atoms with Crippen LogP contribution in [0.4, 0.5) is 0 Å². The second-order valence-corrected chi connectivity index (χ2v) is 9.57. The van der Waals surface area contributed by atoms with Crippen molar-refractivity contribution in [2.24, 2.45) is 5.73 Å². The van der Waals surface area contributed by atoms with Crippen molar-refractivity contribution in [1.29, 1.82) is 5.41 Å². The smallest absolute Gasteiger partial charge is 0.244 e. The van der Waals surface area contributed by atoms with Crippen molar-refractivity contribution >= 4 is 38.4 Å². The van der Waals surface area contributed by atoms with Crippen LogP contribution < -0.4 is 10.5 Å². The molecule has 3 aromatic rings. The number of ether oxygens (including phenoxy) is 1. The lowest BCUT2D eigenvalue weighted by atomic mass is 10.1. The number of nitrogens with one attached hydrogen (secondary N) is 1. The predicted octanol–water partition coefficient (Wildman–Crippen LogP) is 1.69. The van der Waals surface area contributed by atoms with Gasteiger partial charge in [0.05, 0.1) is 31.6 Å². The molecule has 0 saturated carbocycles. The molecule has 2 amide bonds. The van der Waals surface area contributed by atoms with Crippen LogP contribution in [0.2, 0.25) is 0 Å². The molecular formula is C23H22N4O5S. The number of benzene rings is 3. The molecule has 9 nitrogen and oxygen atoms in total. The average Bonchev–Trinajstić information content (AvgIpc) is 2.80. The third-order valence-electron chi connectivity index (χ3n) is 5.46. The number of sulfonamides is 1. The number of methoxy groups -OCH3 is 1. The Kier molecular flexibility index (Phi) is 5.88. The van der Waals surface area contributed by atoms with Gasteiger partial charge in [0.25, 0.3) is 0 Å². The van der Waals surface area contributed by atoms with E-state index >= 15 is 0 Å². The fourth-order valence-corrected chi connectivity index (χ4v) is 5.05. The monoisotopic (exact) mass is 466 g/mol. The normalized spacial score (nSPS) is 15.1. The molecule has 4 rings (SSSR count). The van der Waals surface area contributed by atoms with Crippen molar-refractivity contribution in [2.45, 2.75) is 11.4 Å². The first-order valence-electron chi connectivity index (χ1n) is 10.0. The second-order valence-electron chi connectivity index (χ2n) is 7.64. The summed E-state index contributed by atoms with van der Waals surface area (Å²) in [7, 11) is -2.55. The number of imide groups is 1. The SMILES string of the molecule is COc1ccc2ccc(S(=O)(=O)N3CC(=O)N(Cc4cccc(C(=N)N)c4)C(=O)C3)cc2c1. The molecule has 33 heavy (non-hydrogen) atoms. The van der Waals surface area contributed by atoms with E-state index in [-0.39, 0.29) is 17.3 Å². The highest BCUT2D eigenvalue weighted by Gasteiger charge is 2.37. The standard InChI is InChI=1S/C23H22N4O5S/c1-32-19-7-5-16-6-8-20(11-18(16)10-19)33(30,31)26-13-21(28)27(22(29)14-26)12-15-3-2-4-17(9-15)23(24)25/h2-11H,12-14H2,1H3,(H3,24,25). The number of piperazine rings is 1. The highest BCUT2D eigenvalue weighted by atomic mass is 32.2. The number of nitrogens with zero attached hydrogens (tertiary/aromatic N) is 2. The van der Waals surface area contributed by atoms with Crippen LogP contribution in [-0.4, -0.2) is 55.5 Å². The van der Waals surface area contributed by atoms with Gasteiger partial charge in [0, 0.05) is 5.56 Å². The number of hydrogen-bond acceptors (Lipinski definition) is 6. The minimum atomic E-state index is -4.07. The highest BCUT2D eigenvalue weighted by Crippen LogP contribution is 2.26. The van der Waals surface area contributed by atoms with Crippen molar-refractivity contribution in [3.8, 4) is 5.75 Å². The summed E-state index contributed by atoms with van der Waals surface area (Å²) in [6.45, 7) is -0.921. The first-order valence-corrected chi connectivity index (χ1v) is 11.5. The van der Waals surface area contributed by atoms with Crippen LogP contribution in [0, 0.1) is 5.41 Å². The van der Waals surface area contributed by atoms with E-state index < -0.39 is 34.9 Å². The molecule has 3 aromatic carbocycles. The Morgan fingerprint density at radius 3 is 2.36 bits per heavy atom. The quantitative estimate of drug-likeness (QED) is 0.323. The van der Waals surface area contributed by atoms with Gasteiger partial charge in [0.15, 0.2) is 0 Å². The molecule has 0 unspecified atom stereocenters. The minimum Gasteiger partial charge on any atom is -0.497 e. The maximum absolute atomic E-state index is 13.2. The first kappa shape index (κ1) is 22.4. The summed E-state index contributed by atoms with van der Waals surface area (Å²) in [5.41, 5.74) is 6.59. The van der Waals surface area contributed by atoms with Crippen molar-refractivity contribution in [2.75, 3.05) is 20.2 Å². The molecule has 0 radical (unpaired) electrons. The number of amidine groups is 1. The summed E-state index contributed by atoms with van der Waals surface area (Å²) in [5, 5.41) is 9.03. The number of nitrogens with two attached hydrogens (primary N) is 1. The molecule has 0 bridgehead atoms. The molecule has 3 N–H and O–H groups in total. The summed E-state index contributed by atoms with van der Waals surface area (Å²) in [4.78, 5) is 26.5. The fraction of sp³-hybridized carbons (Fsp3) is 0.174. The Morgan fingerprint density at radius 2 is 1.70 bits per heavy atom. The minimum absolute atomic E-state index is 0.00791. The number of rotatable bonds is 6. The zero-order valence-corrected chi connectivity index (χ0v) is 18.6. The number of carbonyl (C=O) groups is 2. The third-order valence-corrected chi connectivity index (χ3v) is 7.25. The van der Waals surface area contributed by atoms with Gasteiger partial charge in [-0.05, 0) is 46.7 Å². The molecule has 1 aliphatic rings. The van der Waals surface area contributed by atoms with E-state index in [0.29, 0.717) is 22.3 Å². The zero-order chi connectivity index (χ0) is 23.8. The van der Waals surface area contributed by atoms with Crippen LogP contribution in [0.15, 0.2) is 65.6 Å².